The summed E-state index contributed by atoms with van der Waals surface area (Å²) in [5.41, 5.74) is 4.54. The van der Waals surface area contributed by atoms with Gasteiger partial charge < -0.3 is 10.6 Å². The number of hydrogen-bond donors (Lipinski definition) is 2. The molecular formula is C18H26N4. The molecule has 22 heavy (non-hydrogen) atoms. The summed E-state index contributed by atoms with van der Waals surface area (Å²) in [5.74, 6) is 1.93. The molecule has 1 heterocycles. The Morgan fingerprint density at radius 1 is 1.00 bits per heavy atom. The normalized spacial score (nSPS) is 11.1. The van der Waals surface area contributed by atoms with Crippen molar-refractivity contribution in [2.24, 2.45) is 0 Å². The highest BCUT2D eigenvalue weighted by Crippen LogP contribution is 2.29. The molecule has 0 aliphatic carbocycles. The molecular weight excluding hydrogens is 272 g/mol. The Morgan fingerprint density at radius 3 is 2.36 bits per heavy atom. The van der Waals surface area contributed by atoms with Gasteiger partial charge in [0, 0.05) is 23.5 Å². The molecule has 118 valence electrons. The molecule has 0 saturated carbocycles. The van der Waals surface area contributed by atoms with E-state index in [1.54, 1.807) is 0 Å². The van der Waals surface area contributed by atoms with Gasteiger partial charge in [0.15, 0.2) is 0 Å². The average Bonchev–Trinajstić information content (AvgIpc) is 2.39. The summed E-state index contributed by atoms with van der Waals surface area (Å²) >= 11 is 0. The van der Waals surface area contributed by atoms with Gasteiger partial charge in [0.25, 0.3) is 0 Å². The van der Waals surface area contributed by atoms with E-state index in [2.05, 4.69) is 73.4 Å². The van der Waals surface area contributed by atoms with Crippen LogP contribution in [-0.4, -0.2) is 16.0 Å². The van der Waals surface area contributed by atoms with Crippen molar-refractivity contribution in [1.29, 1.82) is 0 Å². The van der Waals surface area contributed by atoms with Crippen LogP contribution in [0, 0.1) is 13.8 Å². The lowest BCUT2D eigenvalue weighted by Crippen LogP contribution is -2.13. The number of benzene rings is 1. The zero-order chi connectivity index (χ0) is 16.3. The maximum atomic E-state index is 4.58. The molecule has 1 aromatic carbocycles. The number of aromatic nitrogens is 2. The zero-order valence-corrected chi connectivity index (χ0v) is 14.4. The van der Waals surface area contributed by atoms with Crippen LogP contribution in [0.2, 0.25) is 0 Å². The molecule has 0 amide bonds. The summed E-state index contributed by atoms with van der Waals surface area (Å²) in [7, 11) is 0. The second kappa shape index (κ2) is 6.77. The summed E-state index contributed by atoms with van der Waals surface area (Å²) in [6.07, 6.45) is 0. The van der Waals surface area contributed by atoms with E-state index in [1.807, 2.05) is 13.0 Å². The predicted molar refractivity (Wildman–Crippen MR) is 94.1 cm³/mol. The second-order valence-corrected chi connectivity index (χ2v) is 6.34. The molecule has 0 atom stereocenters. The Morgan fingerprint density at radius 2 is 1.73 bits per heavy atom. The molecule has 2 aromatic rings. The number of aryl methyl sites for hydroxylation is 2. The van der Waals surface area contributed by atoms with Gasteiger partial charge in [-0.3, -0.25) is 0 Å². The van der Waals surface area contributed by atoms with E-state index in [0.29, 0.717) is 17.9 Å². The van der Waals surface area contributed by atoms with Gasteiger partial charge in [-0.15, -0.1) is 0 Å². The summed E-state index contributed by atoms with van der Waals surface area (Å²) in [6, 6.07) is 8.66. The first-order valence-corrected chi connectivity index (χ1v) is 7.85. The molecule has 1 aromatic heterocycles. The fourth-order valence-electron chi connectivity index (χ4n) is 2.45. The Labute approximate surface area is 133 Å². The van der Waals surface area contributed by atoms with Crippen molar-refractivity contribution in [2.45, 2.75) is 53.5 Å². The van der Waals surface area contributed by atoms with Gasteiger partial charge in [-0.1, -0.05) is 32.0 Å². The fraction of sp³-hybridized carbons (Fsp3) is 0.444. The summed E-state index contributed by atoms with van der Waals surface area (Å²) < 4.78 is 0. The molecule has 0 bridgehead atoms. The van der Waals surface area contributed by atoms with E-state index in [4.69, 9.17) is 0 Å². The second-order valence-electron chi connectivity index (χ2n) is 6.34. The number of rotatable bonds is 5. The van der Waals surface area contributed by atoms with Gasteiger partial charge in [-0.2, -0.15) is 4.98 Å². The Bertz CT molecular complexity index is 648. The van der Waals surface area contributed by atoms with Crippen LogP contribution in [-0.2, 0) is 0 Å². The van der Waals surface area contributed by atoms with E-state index >= 15 is 0 Å². The maximum Gasteiger partial charge on any atom is 0.229 e. The van der Waals surface area contributed by atoms with Crippen molar-refractivity contribution in [2.75, 3.05) is 10.6 Å². The number of nitrogens with one attached hydrogen (secondary N) is 2. The molecule has 0 radical (unpaired) electrons. The van der Waals surface area contributed by atoms with E-state index in [-0.39, 0.29) is 0 Å². The van der Waals surface area contributed by atoms with E-state index in [0.717, 1.165) is 17.2 Å². The van der Waals surface area contributed by atoms with Crippen molar-refractivity contribution in [1.82, 2.24) is 9.97 Å². The van der Waals surface area contributed by atoms with Gasteiger partial charge in [0.1, 0.15) is 5.82 Å². The highest BCUT2D eigenvalue weighted by Gasteiger charge is 2.11. The topological polar surface area (TPSA) is 49.8 Å². The van der Waals surface area contributed by atoms with Gasteiger partial charge in [0.05, 0.1) is 0 Å². The van der Waals surface area contributed by atoms with E-state index in [9.17, 15) is 0 Å². The lowest BCUT2D eigenvalue weighted by atomic mass is 9.98. The van der Waals surface area contributed by atoms with E-state index < -0.39 is 0 Å². The standard InChI is InChI=1S/C18H26N4/c1-11(2)15-9-7-8-13(5)17(15)22-18-20-14(6)10-16(21-18)19-12(3)4/h7-12H,1-6H3,(H2,19,20,21,22). The zero-order valence-electron chi connectivity index (χ0n) is 14.4. The van der Waals surface area contributed by atoms with Crippen LogP contribution >= 0.6 is 0 Å². The molecule has 4 heteroatoms. The Kier molecular flexibility index (Phi) is 5.01. The largest absolute Gasteiger partial charge is 0.368 e. The first-order valence-electron chi connectivity index (χ1n) is 7.85. The molecule has 0 unspecified atom stereocenters. The van der Waals surface area contributed by atoms with E-state index in [1.165, 1.54) is 11.1 Å². The molecule has 0 saturated heterocycles. The quantitative estimate of drug-likeness (QED) is 0.834. The minimum absolute atomic E-state index is 0.340. The average molecular weight is 298 g/mol. The van der Waals surface area contributed by atoms with Gasteiger partial charge in [0.2, 0.25) is 5.95 Å². The number of hydrogen-bond acceptors (Lipinski definition) is 4. The Hall–Kier alpha value is -2.10. The van der Waals surface area contributed by atoms with Crippen molar-refractivity contribution in [3.05, 3.63) is 41.1 Å². The highest BCUT2D eigenvalue weighted by molar-refractivity contribution is 5.64. The summed E-state index contributed by atoms with van der Waals surface area (Å²) in [4.78, 5) is 9.09. The monoisotopic (exact) mass is 298 g/mol. The third-order valence-electron chi connectivity index (χ3n) is 3.45. The van der Waals surface area contributed by atoms with Crippen LogP contribution in [0.4, 0.5) is 17.5 Å². The first-order chi connectivity index (χ1) is 10.4. The molecule has 0 fully saturated rings. The molecule has 2 N–H and O–H groups in total. The van der Waals surface area contributed by atoms with Crippen molar-refractivity contribution >= 4 is 17.5 Å². The molecule has 0 aliphatic heterocycles. The van der Waals surface area contributed by atoms with Crippen LogP contribution < -0.4 is 10.6 Å². The maximum absolute atomic E-state index is 4.58. The highest BCUT2D eigenvalue weighted by atomic mass is 15.1. The van der Waals surface area contributed by atoms with Gasteiger partial charge >= 0.3 is 0 Å². The lowest BCUT2D eigenvalue weighted by Gasteiger charge is -2.17. The van der Waals surface area contributed by atoms with Crippen LogP contribution in [0.3, 0.4) is 0 Å². The molecule has 2 rings (SSSR count). The van der Waals surface area contributed by atoms with Crippen LogP contribution in [0.25, 0.3) is 0 Å². The molecule has 0 aliphatic rings. The fourth-order valence-corrected chi connectivity index (χ4v) is 2.45. The van der Waals surface area contributed by atoms with Gasteiger partial charge in [-0.25, -0.2) is 4.98 Å². The molecule has 0 spiro atoms. The third-order valence-corrected chi connectivity index (χ3v) is 3.45. The molecule has 4 nitrogen and oxygen atoms in total. The first kappa shape index (κ1) is 16.3. The van der Waals surface area contributed by atoms with Gasteiger partial charge in [-0.05, 0) is 44.7 Å². The Balaban J connectivity index is 2.37. The van der Waals surface area contributed by atoms with Crippen molar-refractivity contribution in [3.63, 3.8) is 0 Å². The SMILES string of the molecule is Cc1cc(NC(C)C)nc(Nc2c(C)cccc2C(C)C)n1. The number of anilines is 3. The van der Waals surface area contributed by atoms with Crippen LogP contribution in [0.1, 0.15) is 50.4 Å². The van der Waals surface area contributed by atoms with Crippen LogP contribution in [0.5, 0.6) is 0 Å². The minimum atomic E-state index is 0.340. The lowest BCUT2D eigenvalue weighted by molar-refractivity contribution is 0.866. The summed E-state index contributed by atoms with van der Waals surface area (Å²) in [5, 5.41) is 6.75. The number of nitrogens with zero attached hydrogens (tertiary/aromatic N) is 2. The number of para-hydroxylation sites is 1. The van der Waals surface area contributed by atoms with Crippen molar-refractivity contribution in [3.8, 4) is 0 Å². The van der Waals surface area contributed by atoms with Crippen molar-refractivity contribution < 1.29 is 0 Å². The van der Waals surface area contributed by atoms with Crippen LogP contribution in [0.15, 0.2) is 24.3 Å². The predicted octanol–water partition coefficient (Wildman–Crippen LogP) is 4.78. The smallest absolute Gasteiger partial charge is 0.229 e. The minimum Gasteiger partial charge on any atom is -0.368 e. The third kappa shape index (κ3) is 3.97. The summed E-state index contributed by atoms with van der Waals surface area (Å²) in [6.45, 7) is 12.7.